The Kier molecular flexibility index (Phi) is 5.24. The molecule has 0 saturated heterocycles. The second-order valence-corrected chi connectivity index (χ2v) is 4.37. The molecule has 0 amide bonds. The van der Waals surface area contributed by atoms with Gasteiger partial charge in [-0.15, -0.1) is 0 Å². The molecule has 0 spiro atoms. The van der Waals surface area contributed by atoms with Crippen LogP contribution in [0, 0.1) is 5.92 Å². The van der Waals surface area contributed by atoms with Gasteiger partial charge in [0.15, 0.2) is 5.82 Å². The van der Waals surface area contributed by atoms with E-state index in [9.17, 15) is 17.6 Å². The third-order valence-electron chi connectivity index (χ3n) is 2.33. The van der Waals surface area contributed by atoms with Crippen molar-refractivity contribution in [3.8, 4) is 0 Å². The summed E-state index contributed by atoms with van der Waals surface area (Å²) in [4.78, 5) is 3.84. The Bertz CT molecular complexity index is 398. The van der Waals surface area contributed by atoms with E-state index in [4.69, 9.17) is 10.3 Å². The van der Waals surface area contributed by atoms with Crippen molar-refractivity contribution in [2.24, 2.45) is 11.7 Å². The van der Waals surface area contributed by atoms with E-state index in [-0.39, 0.29) is 17.6 Å². The minimum Gasteiger partial charge on any atom is -0.367 e. The predicted molar refractivity (Wildman–Crippen MR) is 56.7 cm³/mol. The van der Waals surface area contributed by atoms with Gasteiger partial charge in [-0.05, 0) is 5.92 Å². The number of halogens is 4. The molecule has 1 unspecified atom stereocenters. The molecule has 9 heteroatoms. The summed E-state index contributed by atoms with van der Waals surface area (Å²) in [5.74, 6) is -4.01. The summed E-state index contributed by atoms with van der Waals surface area (Å²) in [6.07, 6.45) is -3.78. The molecule has 0 aromatic carbocycles. The molecule has 0 saturated carbocycles. The molecular weight excluding hydrogens is 270 g/mol. The van der Waals surface area contributed by atoms with Crippen molar-refractivity contribution in [2.45, 2.75) is 38.8 Å². The van der Waals surface area contributed by atoms with E-state index in [0.29, 0.717) is 0 Å². The molecule has 0 aliphatic rings. The maximum absolute atomic E-state index is 12.5. The summed E-state index contributed by atoms with van der Waals surface area (Å²) >= 11 is 0. The van der Waals surface area contributed by atoms with Gasteiger partial charge in [0.1, 0.15) is 13.2 Å². The van der Waals surface area contributed by atoms with Crippen LogP contribution in [0.1, 0.15) is 31.6 Å². The lowest BCUT2D eigenvalue weighted by atomic mass is 10.1. The highest BCUT2D eigenvalue weighted by Gasteiger charge is 2.41. The third kappa shape index (κ3) is 4.43. The Hall–Kier alpha value is -1.22. The van der Waals surface area contributed by atoms with E-state index in [2.05, 4.69) is 14.9 Å². The zero-order valence-electron chi connectivity index (χ0n) is 10.4. The Labute approximate surface area is 107 Å². The Morgan fingerprint density at radius 2 is 2.00 bits per heavy atom. The highest BCUT2D eigenvalue weighted by Crippen LogP contribution is 2.23. The molecule has 1 aromatic rings. The van der Waals surface area contributed by atoms with E-state index >= 15 is 0 Å². The van der Waals surface area contributed by atoms with Crippen LogP contribution in [0.3, 0.4) is 0 Å². The first-order valence-electron chi connectivity index (χ1n) is 5.56. The molecular formula is C10H15F4N3O2. The van der Waals surface area contributed by atoms with Gasteiger partial charge in [-0.25, -0.2) is 8.78 Å². The second kappa shape index (κ2) is 6.29. The van der Waals surface area contributed by atoms with Crippen molar-refractivity contribution < 1.29 is 26.8 Å². The number of aromatic nitrogens is 2. The molecule has 5 nitrogen and oxygen atoms in total. The first kappa shape index (κ1) is 15.8. The van der Waals surface area contributed by atoms with Crippen LogP contribution in [-0.2, 0) is 11.3 Å². The van der Waals surface area contributed by atoms with Crippen LogP contribution >= 0.6 is 0 Å². The molecule has 1 rings (SSSR count). The number of hydrogen-bond donors (Lipinski definition) is 1. The standard InChI is InChI=1S/C10H15F4N3O2/c1-5(2)7(15)8-16-6(17-19-8)3-18-4-10(13,14)9(11)12/h5,7,9H,3-4,15H2,1-2H3. The first-order chi connectivity index (χ1) is 8.74. The number of ether oxygens (including phenoxy) is 1. The van der Waals surface area contributed by atoms with Crippen molar-refractivity contribution in [3.05, 3.63) is 11.7 Å². The monoisotopic (exact) mass is 285 g/mol. The van der Waals surface area contributed by atoms with Gasteiger partial charge in [0.05, 0.1) is 6.04 Å². The van der Waals surface area contributed by atoms with Gasteiger partial charge in [0, 0.05) is 0 Å². The minimum atomic E-state index is -4.19. The molecule has 1 aromatic heterocycles. The summed E-state index contributed by atoms with van der Waals surface area (Å²) in [5, 5.41) is 3.46. The van der Waals surface area contributed by atoms with E-state index in [1.165, 1.54) is 0 Å². The van der Waals surface area contributed by atoms with Crippen molar-refractivity contribution in [1.82, 2.24) is 10.1 Å². The molecule has 19 heavy (non-hydrogen) atoms. The van der Waals surface area contributed by atoms with Gasteiger partial charge in [0.25, 0.3) is 0 Å². The molecule has 0 bridgehead atoms. The van der Waals surface area contributed by atoms with Gasteiger partial charge >= 0.3 is 12.3 Å². The number of rotatable bonds is 7. The van der Waals surface area contributed by atoms with Gasteiger partial charge < -0.3 is 15.0 Å². The average Bonchev–Trinajstić information content (AvgIpc) is 2.76. The number of alkyl halides is 4. The Balaban J connectivity index is 2.47. The van der Waals surface area contributed by atoms with Crippen LogP contribution in [-0.4, -0.2) is 29.1 Å². The quantitative estimate of drug-likeness (QED) is 0.777. The zero-order valence-corrected chi connectivity index (χ0v) is 10.4. The van der Waals surface area contributed by atoms with Crippen LogP contribution < -0.4 is 5.73 Å². The number of nitrogens with two attached hydrogens (primary N) is 1. The van der Waals surface area contributed by atoms with Crippen molar-refractivity contribution >= 4 is 0 Å². The summed E-state index contributed by atoms with van der Waals surface area (Å²) in [6.45, 7) is 1.82. The first-order valence-corrected chi connectivity index (χ1v) is 5.56. The van der Waals surface area contributed by atoms with Crippen LogP contribution in [0.4, 0.5) is 17.6 Å². The van der Waals surface area contributed by atoms with Gasteiger partial charge in [-0.1, -0.05) is 19.0 Å². The van der Waals surface area contributed by atoms with Crippen LogP contribution in [0.2, 0.25) is 0 Å². The van der Waals surface area contributed by atoms with Gasteiger partial charge in [-0.2, -0.15) is 13.8 Å². The summed E-state index contributed by atoms with van der Waals surface area (Å²) < 4.78 is 58.0. The number of hydrogen-bond acceptors (Lipinski definition) is 5. The lowest BCUT2D eigenvalue weighted by Gasteiger charge is -2.14. The lowest BCUT2D eigenvalue weighted by Crippen LogP contribution is -2.32. The SMILES string of the molecule is CC(C)C(N)c1nc(COCC(F)(F)C(F)F)no1. The molecule has 2 N–H and O–H groups in total. The zero-order chi connectivity index (χ0) is 14.6. The fraction of sp³-hybridized carbons (Fsp3) is 0.800. The predicted octanol–water partition coefficient (Wildman–Crippen LogP) is 2.14. The molecule has 0 aliphatic carbocycles. The van der Waals surface area contributed by atoms with E-state index in [1.54, 1.807) is 0 Å². The molecule has 1 atom stereocenters. The van der Waals surface area contributed by atoms with Crippen molar-refractivity contribution in [2.75, 3.05) is 6.61 Å². The van der Waals surface area contributed by atoms with Crippen molar-refractivity contribution in [1.29, 1.82) is 0 Å². The molecule has 0 fully saturated rings. The fourth-order valence-corrected chi connectivity index (χ4v) is 1.09. The molecule has 0 radical (unpaired) electrons. The largest absolute Gasteiger partial charge is 0.367 e. The highest BCUT2D eigenvalue weighted by atomic mass is 19.3. The minimum absolute atomic E-state index is 0.0174. The summed E-state index contributed by atoms with van der Waals surface area (Å²) in [7, 11) is 0. The number of nitrogens with zero attached hydrogens (tertiary/aromatic N) is 2. The van der Waals surface area contributed by atoms with Crippen molar-refractivity contribution in [3.63, 3.8) is 0 Å². The maximum Gasteiger partial charge on any atom is 0.330 e. The molecule has 110 valence electrons. The van der Waals surface area contributed by atoms with Crippen LogP contribution in [0.5, 0.6) is 0 Å². The summed E-state index contributed by atoms with van der Waals surface area (Å²) in [6, 6.07) is -0.483. The molecule has 0 aliphatic heterocycles. The average molecular weight is 285 g/mol. The van der Waals surface area contributed by atoms with Gasteiger partial charge in [0.2, 0.25) is 5.89 Å². The highest BCUT2D eigenvalue weighted by molar-refractivity contribution is 4.92. The van der Waals surface area contributed by atoms with E-state index in [1.807, 2.05) is 13.8 Å². The molecule has 1 heterocycles. The second-order valence-electron chi connectivity index (χ2n) is 4.37. The maximum atomic E-state index is 12.5. The Morgan fingerprint density at radius 3 is 2.53 bits per heavy atom. The van der Waals surface area contributed by atoms with Crippen LogP contribution in [0.25, 0.3) is 0 Å². The smallest absolute Gasteiger partial charge is 0.330 e. The van der Waals surface area contributed by atoms with E-state index < -0.39 is 31.6 Å². The third-order valence-corrected chi connectivity index (χ3v) is 2.33. The Morgan fingerprint density at radius 1 is 1.37 bits per heavy atom. The van der Waals surface area contributed by atoms with Gasteiger partial charge in [-0.3, -0.25) is 0 Å². The normalized spacial score (nSPS) is 14.4. The lowest BCUT2D eigenvalue weighted by molar-refractivity contribution is -0.168. The topological polar surface area (TPSA) is 74.2 Å². The fourth-order valence-electron chi connectivity index (χ4n) is 1.09. The van der Waals surface area contributed by atoms with Crippen LogP contribution in [0.15, 0.2) is 4.52 Å². The van der Waals surface area contributed by atoms with E-state index in [0.717, 1.165) is 0 Å². The summed E-state index contributed by atoms with van der Waals surface area (Å²) in [5.41, 5.74) is 5.73.